The Balaban J connectivity index is 1.79. The van der Waals surface area contributed by atoms with Crippen LogP contribution in [-0.4, -0.2) is 43.2 Å². The Hall–Kier alpha value is -0.770. The molecular formula is C13H25N3O. The zero-order valence-corrected chi connectivity index (χ0v) is 10.9. The topological polar surface area (TPSA) is 50.9 Å². The molecule has 2 rings (SSSR count). The third kappa shape index (κ3) is 3.87. The summed E-state index contributed by atoms with van der Waals surface area (Å²) in [6, 6.07) is 0.454. The minimum absolute atomic E-state index is 0.347. The molecule has 0 aromatic rings. The molecule has 0 aromatic carbocycles. The average molecular weight is 239 g/mol. The monoisotopic (exact) mass is 239 g/mol. The largest absolute Gasteiger partial charge is 0.376 e. The van der Waals surface area contributed by atoms with Crippen molar-refractivity contribution in [3.8, 4) is 0 Å². The molecule has 0 amide bonds. The van der Waals surface area contributed by atoms with Gasteiger partial charge >= 0.3 is 0 Å². The zero-order valence-electron chi connectivity index (χ0n) is 10.9. The van der Waals surface area contributed by atoms with Gasteiger partial charge in [-0.2, -0.15) is 0 Å². The lowest BCUT2D eigenvalue weighted by atomic mass is 9.96. The van der Waals surface area contributed by atoms with Gasteiger partial charge in [-0.05, 0) is 25.7 Å². The van der Waals surface area contributed by atoms with E-state index in [4.69, 9.17) is 10.5 Å². The highest BCUT2D eigenvalue weighted by Gasteiger charge is 2.19. The first-order valence-corrected chi connectivity index (χ1v) is 6.91. The number of rotatable bonds is 3. The van der Waals surface area contributed by atoms with E-state index in [1.165, 1.54) is 38.5 Å². The third-order valence-corrected chi connectivity index (χ3v) is 3.78. The smallest absolute Gasteiger partial charge is 0.191 e. The van der Waals surface area contributed by atoms with E-state index in [-0.39, 0.29) is 0 Å². The van der Waals surface area contributed by atoms with E-state index in [9.17, 15) is 0 Å². The normalized spacial score (nSPS) is 27.4. The molecule has 1 aliphatic carbocycles. The van der Waals surface area contributed by atoms with Gasteiger partial charge in [-0.3, -0.25) is 0 Å². The van der Waals surface area contributed by atoms with Crippen molar-refractivity contribution in [2.75, 3.05) is 20.2 Å². The molecule has 0 aromatic heterocycles. The quantitative estimate of drug-likeness (QED) is 0.603. The molecule has 1 heterocycles. The maximum atomic E-state index is 6.05. The van der Waals surface area contributed by atoms with Crippen LogP contribution in [0.3, 0.4) is 0 Å². The van der Waals surface area contributed by atoms with Crippen LogP contribution >= 0.6 is 0 Å². The molecule has 0 bridgehead atoms. The maximum absolute atomic E-state index is 6.05. The van der Waals surface area contributed by atoms with Gasteiger partial charge in [0.2, 0.25) is 0 Å². The molecule has 4 nitrogen and oxygen atoms in total. The summed E-state index contributed by atoms with van der Waals surface area (Å²) in [5.41, 5.74) is 6.05. The van der Waals surface area contributed by atoms with Crippen molar-refractivity contribution in [3.63, 3.8) is 0 Å². The number of aliphatic imine (C=N–C) groups is 1. The Morgan fingerprint density at radius 3 is 2.65 bits per heavy atom. The fourth-order valence-electron chi connectivity index (χ4n) is 2.68. The summed E-state index contributed by atoms with van der Waals surface area (Å²) in [6.45, 7) is 1.78. The van der Waals surface area contributed by atoms with Crippen molar-refractivity contribution in [1.82, 2.24) is 4.90 Å². The van der Waals surface area contributed by atoms with Crippen LogP contribution in [-0.2, 0) is 4.74 Å². The zero-order chi connectivity index (χ0) is 12.1. The molecule has 2 aliphatic rings. The van der Waals surface area contributed by atoms with Crippen LogP contribution in [0.15, 0.2) is 4.99 Å². The van der Waals surface area contributed by atoms with Crippen molar-refractivity contribution in [2.24, 2.45) is 10.7 Å². The van der Waals surface area contributed by atoms with Crippen LogP contribution in [0.5, 0.6) is 0 Å². The number of likely N-dealkylation sites (N-methyl/N-ethyl adjacent to an activating group) is 1. The molecule has 2 fully saturated rings. The van der Waals surface area contributed by atoms with Gasteiger partial charge in [0.25, 0.3) is 0 Å². The van der Waals surface area contributed by atoms with E-state index in [2.05, 4.69) is 4.99 Å². The first-order valence-electron chi connectivity index (χ1n) is 6.91. The summed E-state index contributed by atoms with van der Waals surface area (Å²) in [5.74, 6) is 0.687. The molecule has 4 heteroatoms. The minimum Gasteiger partial charge on any atom is -0.376 e. The summed E-state index contributed by atoms with van der Waals surface area (Å²) in [5, 5.41) is 0. The summed E-state index contributed by atoms with van der Waals surface area (Å²) in [7, 11) is 2.02. The molecule has 0 radical (unpaired) electrons. The van der Waals surface area contributed by atoms with Crippen LogP contribution in [0.4, 0.5) is 0 Å². The Morgan fingerprint density at radius 2 is 2.00 bits per heavy atom. The number of ether oxygens (including phenoxy) is 1. The lowest BCUT2D eigenvalue weighted by molar-refractivity contribution is 0.0955. The molecule has 0 spiro atoms. The van der Waals surface area contributed by atoms with Crippen molar-refractivity contribution in [2.45, 2.75) is 57.1 Å². The predicted octanol–water partition coefficient (Wildman–Crippen LogP) is 1.74. The van der Waals surface area contributed by atoms with Gasteiger partial charge in [-0.25, -0.2) is 4.99 Å². The fraction of sp³-hybridized carbons (Fsp3) is 0.923. The molecule has 1 atom stereocenters. The summed E-state index contributed by atoms with van der Waals surface area (Å²) in [6.07, 6.45) is 9.05. The second-order valence-corrected chi connectivity index (χ2v) is 5.29. The number of hydrogen-bond donors (Lipinski definition) is 1. The second kappa shape index (κ2) is 6.24. The molecular weight excluding hydrogens is 214 g/mol. The van der Waals surface area contributed by atoms with Crippen LogP contribution in [0.25, 0.3) is 0 Å². The molecule has 1 saturated carbocycles. The van der Waals surface area contributed by atoms with E-state index < -0.39 is 0 Å². The standard InChI is InChI=1S/C13H25N3O/c1-16(10-12-8-5-9-17-12)13(14)15-11-6-3-2-4-7-11/h11-12H,2-10H2,1H3,(H2,14,15). The third-order valence-electron chi connectivity index (χ3n) is 3.78. The average Bonchev–Trinajstić information content (AvgIpc) is 2.83. The highest BCUT2D eigenvalue weighted by Crippen LogP contribution is 2.20. The molecule has 2 N–H and O–H groups in total. The molecule has 1 saturated heterocycles. The van der Waals surface area contributed by atoms with Gasteiger partial charge in [0.05, 0.1) is 12.1 Å². The van der Waals surface area contributed by atoms with E-state index >= 15 is 0 Å². The number of guanidine groups is 1. The van der Waals surface area contributed by atoms with Gasteiger partial charge in [0, 0.05) is 20.2 Å². The van der Waals surface area contributed by atoms with Crippen LogP contribution in [0.1, 0.15) is 44.9 Å². The maximum Gasteiger partial charge on any atom is 0.191 e. The molecule has 1 aliphatic heterocycles. The number of hydrogen-bond acceptors (Lipinski definition) is 2. The van der Waals surface area contributed by atoms with Crippen LogP contribution < -0.4 is 5.73 Å². The predicted molar refractivity (Wildman–Crippen MR) is 70.1 cm³/mol. The van der Waals surface area contributed by atoms with Gasteiger partial charge in [0.15, 0.2) is 5.96 Å². The lowest BCUT2D eigenvalue weighted by Gasteiger charge is -2.24. The summed E-state index contributed by atoms with van der Waals surface area (Å²) in [4.78, 5) is 6.69. The number of nitrogens with zero attached hydrogens (tertiary/aromatic N) is 2. The second-order valence-electron chi connectivity index (χ2n) is 5.29. The van der Waals surface area contributed by atoms with Gasteiger partial charge < -0.3 is 15.4 Å². The Morgan fingerprint density at radius 1 is 1.24 bits per heavy atom. The first kappa shape index (κ1) is 12.7. The van der Waals surface area contributed by atoms with Crippen molar-refractivity contribution >= 4 is 5.96 Å². The Bertz CT molecular complexity index is 255. The van der Waals surface area contributed by atoms with Crippen molar-refractivity contribution < 1.29 is 4.74 Å². The van der Waals surface area contributed by atoms with E-state index in [1.54, 1.807) is 0 Å². The highest BCUT2D eigenvalue weighted by atomic mass is 16.5. The summed E-state index contributed by atoms with van der Waals surface area (Å²) >= 11 is 0. The van der Waals surface area contributed by atoms with E-state index in [0.29, 0.717) is 18.1 Å². The summed E-state index contributed by atoms with van der Waals surface area (Å²) < 4.78 is 5.61. The number of nitrogens with two attached hydrogens (primary N) is 1. The van der Waals surface area contributed by atoms with Gasteiger partial charge in [-0.1, -0.05) is 19.3 Å². The van der Waals surface area contributed by atoms with Crippen LogP contribution in [0.2, 0.25) is 0 Å². The lowest BCUT2D eigenvalue weighted by Crippen LogP contribution is -2.40. The van der Waals surface area contributed by atoms with Crippen molar-refractivity contribution in [1.29, 1.82) is 0 Å². The van der Waals surface area contributed by atoms with Gasteiger partial charge in [0.1, 0.15) is 0 Å². The Labute approximate surface area is 104 Å². The minimum atomic E-state index is 0.347. The Kier molecular flexibility index (Phi) is 4.66. The van der Waals surface area contributed by atoms with Gasteiger partial charge in [-0.15, -0.1) is 0 Å². The first-order chi connectivity index (χ1) is 8.25. The van der Waals surface area contributed by atoms with Crippen LogP contribution in [0, 0.1) is 0 Å². The highest BCUT2D eigenvalue weighted by molar-refractivity contribution is 5.78. The SMILES string of the molecule is CN(CC1CCCO1)C(N)=NC1CCCCC1. The van der Waals surface area contributed by atoms with E-state index in [1.807, 2.05) is 11.9 Å². The molecule has 98 valence electrons. The van der Waals surface area contributed by atoms with Crippen molar-refractivity contribution in [3.05, 3.63) is 0 Å². The van der Waals surface area contributed by atoms with E-state index in [0.717, 1.165) is 19.6 Å². The molecule has 1 unspecified atom stereocenters. The molecule has 17 heavy (non-hydrogen) atoms. The fourth-order valence-corrected chi connectivity index (χ4v) is 2.68.